The van der Waals surface area contributed by atoms with Gasteiger partial charge in [0.05, 0.1) is 5.92 Å². The molecule has 94 valence electrons. The number of rotatable bonds is 7. The Labute approximate surface area is 103 Å². The van der Waals surface area contributed by atoms with Crippen LogP contribution in [-0.4, -0.2) is 24.2 Å². The van der Waals surface area contributed by atoms with Gasteiger partial charge in [0, 0.05) is 6.54 Å². The summed E-state index contributed by atoms with van der Waals surface area (Å²) in [5.41, 5.74) is 1.33. The topological polar surface area (TPSA) is 49.3 Å². The predicted molar refractivity (Wildman–Crippen MR) is 69.1 cm³/mol. The van der Waals surface area contributed by atoms with Crippen molar-refractivity contribution in [3.63, 3.8) is 0 Å². The third kappa shape index (κ3) is 5.00. The molecule has 0 saturated carbocycles. The molecule has 0 amide bonds. The zero-order chi connectivity index (χ0) is 12.7. The molecule has 3 nitrogen and oxygen atoms in total. The Morgan fingerprint density at radius 3 is 2.53 bits per heavy atom. The molecule has 2 N–H and O–H groups in total. The lowest BCUT2D eigenvalue weighted by Gasteiger charge is -2.13. The van der Waals surface area contributed by atoms with Crippen LogP contribution in [0.15, 0.2) is 30.3 Å². The number of carbonyl (C=O) groups is 1. The van der Waals surface area contributed by atoms with E-state index in [0.717, 1.165) is 13.0 Å². The highest BCUT2D eigenvalue weighted by molar-refractivity contribution is 5.69. The number of benzene rings is 1. The predicted octanol–water partition coefficient (Wildman–Crippen LogP) is 2.49. The minimum Gasteiger partial charge on any atom is -0.481 e. The van der Waals surface area contributed by atoms with Crippen LogP contribution in [0, 0.1) is 5.92 Å². The first-order chi connectivity index (χ1) is 8.11. The Morgan fingerprint density at radius 2 is 1.94 bits per heavy atom. The molecule has 0 aliphatic heterocycles. The van der Waals surface area contributed by atoms with Crippen molar-refractivity contribution in [3.8, 4) is 0 Å². The highest BCUT2D eigenvalue weighted by Crippen LogP contribution is 2.17. The molecule has 0 fully saturated rings. The molecule has 3 heteroatoms. The van der Waals surface area contributed by atoms with Crippen LogP contribution in [0.3, 0.4) is 0 Å². The largest absolute Gasteiger partial charge is 0.481 e. The molecule has 0 aliphatic rings. The van der Waals surface area contributed by atoms with Gasteiger partial charge in [-0.3, -0.25) is 4.79 Å². The Bertz CT molecular complexity index is 337. The monoisotopic (exact) mass is 235 g/mol. The van der Waals surface area contributed by atoms with Crippen LogP contribution < -0.4 is 5.32 Å². The molecule has 1 rings (SSSR count). The number of aliphatic carboxylic acids is 1. The van der Waals surface area contributed by atoms with Gasteiger partial charge in [0.2, 0.25) is 0 Å². The summed E-state index contributed by atoms with van der Waals surface area (Å²) in [7, 11) is 0. The maximum Gasteiger partial charge on any atom is 0.307 e. The Hall–Kier alpha value is -1.35. The lowest BCUT2D eigenvalue weighted by molar-refractivity contribution is -0.140. The Morgan fingerprint density at radius 1 is 1.29 bits per heavy atom. The average Bonchev–Trinajstić information content (AvgIpc) is 2.35. The summed E-state index contributed by atoms with van der Waals surface area (Å²) in [6.07, 6.45) is 1.02. The van der Waals surface area contributed by atoms with Crippen molar-refractivity contribution >= 4 is 5.97 Å². The van der Waals surface area contributed by atoms with Crippen LogP contribution in [0.4, 0.5) is 0 Å². The molecule has 1 aromatic rings. The van der Waals surface area contributed by atoms with Gasteiger partial charge in [0.15, 0.2) is 0 Å². The summed E-state index contributed by atoms with van der Waals surface area (Å²) in [4.78, 5) is 10.6. The van der Waals surface area contributed by atoms with E-state index in [-0.39, 0.29) is 5.92 Å². The third-order valence-electron chi connectivity index (χ3n) is 2.99. The second kappa shape index (κ2) is 7.07. The first-order valence-corrected chi connectivity index (χ1v) is 6.09. The summed E-state index contributed by atoms with van der Waals surface area (Å²) < 4.78 is 0. The summed E-state index contributed by atoms with van der Waals surface area (Å²) in [5.74, 6) is -0.556. The van der Waals surface area contributed by atoms with Crippen molar-refractivity contribution in [1.82, 2.24) is 5.32 Å². The van der Waals surface area contributed by atoms with E-state index in [9.17, 15) is 4.79 Å². The molecule has 0 saturated heterocycles. The molecule has 0 spiro atoms. The molecular weight excluding hydrogens is 214 g/mol. The van der Waals surface area contributed by atoms with Crippen LogP contribution >= 0.6 is 0 Å². The van der Waals surface area contributed by atoms with Gasteiger partial charge in [0.25, 0.3) is 0 Å². The van der Waals surface area contributed by atoms with Crippen molar-refractivity contribution < 1.29 is 9.90 Å². The summed E-state index contributed by atoms with van der Waals surface area (Å²) >= 11 is 0. The number of carboxylic acid groups (broad SMARTS) is 1. The maximum atomic E-state index is 10.6. The number of carboxylic acids is 1. The second-order valence-corrected chi connectivity index (χ2v) is 4.54. The molecule has 0 radical (unpaired) electrons. The van der Waals surface area contributed by atoms with E-state index in [1.54, 1.807) is 6.92 Å². The Balaban J connectivity index is 2.21. The summed E-state index contributed by atoms with van der Waals surface area (Å²) in [5, 5.41) is 11.9. The molecule has 2 atom stereocenters. The molecule has 2 unspecified atom stereocenters. The lowest BCUT2D eigenvalue weighted by atomic mass is 9.98. The standard InChI is InChI=1S/C14H21NO2/c1-11(13-6-4-3-5-7-13)8-9-15-10-12(2)14(16)17/h3-7,11-12,15H,8-10H2,1-2H3,(H,16,17). The third-order valence-corrected chi connectivity index (χ3v) is 2.99. The molecule has 0 heterocycles. The number of hydrogen-bond acceptors (Lipinski definition) is 2. The van der Waals surface area contributed by atoms with Crippen molar-refractivity contribution in [2.45, 2.75) is 26.2 Å². The van der Waals surface area contributed by atoms with E-state index in [2.05, 4.69) is 24.4 Å². The van der Waals surface area contributed by atoms with Gasteiger partial charge in [-0.05, 0) is 24.4 Å². The van der Waals surface area contributed by atoms with Gasteiger partial charge >= 0.3 is 5.97 Å². The van der Waals surface area contributed by atoms with Gasteiger partial charge in [-0.1, -0.05) is 44.2 Å². The quantitative estimate of drug-likeness (QED) is 0.714. The van der Waals surface area contributed by atoms with Crippen molar-refractivity contribution in [2.75, 3.05) is 13.1 Å². The zero-order valence-corrected chi connectivity index (χ0v) is 10.5. The number of hydrogen-bond donors (Lipinski definition) is 2. The fraction of sp³-hybridized carbons (Fsp3) is 0.500. The van der Waals surface area contributed by atoms with Crippen LogP contribution in [0.25, 0.3) is 0 Å². The molecule has 1 aromatic carbocycles. The molecule has 0 bridgehead atoms. The van der Waals surface area contributed by atoms with E-state index in [0.29, 0.717) is 12.5 Å². The highest BCUT2D eigenvalue weighted by atomic mass is 16.4. The summed E-state index contributed by atoms with van der Waals surface area (Å²) in [6.45, 7) is 5.30. The van der Waals surface area contributed by atoms with Gasteiger partial charge in [-0.2, -0.15) is 0 Å². The van der Waals surface area contributed by atoms with Gasteiger partial charge in [-0.15, -0.1) is 0 Å². The van der Waals surface area contributed by atoms with Gasteiger partial charge < -0.3 is 10.4 Å². The smallest absolute Gasteiger partial charge is 0.307 e. The lowest BCUT2D eigenvalue weighted by Crippen LogP contribution is -2.27. The average molecular weight is 235 g/mol. The SMILES string of the molecule is CC(CNCCC(C)c1ccccc1)C(=O)O. The first kappa shape index (κ1) is 13.7. The highest BCUT2D eigenvalue weighted by Gasteiger charge is 2.10. The van der Waals surface area contributed by atoms with Crippen molar-refractivity contribution in [2.24, 2.45) is 5.92 Å². The van der Waals surface area contributed by atoms with Crippen molar-refractivity contribution in [1.29, 1.82) is 0 Å². The molecule has 0 aliphatic carbocycles. The Kier molecular flexibility index (Phi) is 5.70. The minimum atomic E-state index is -0.742. The van der Waals surface area contributed by atoms with E-state index in [1.165, 1.54) is 5.56 Å². The fourth-order valence-corrected chi connectivity index (χ4v) is 1.67. The van der Waals surface area contributed by atoms with E-state index in [1.807, 2.05) is 18.2 Å². The maximum absolute atomic E-state index is 10.6. The van der Waals surface area contributed by atoms with Gasteiger partial charge in [-0.25, -0.2) is 0 Å². The van der Waals surface area contributed by atoms with Crippen LogP contribution in [-0.2, 0) is 4.79 Å². The normalized spacial score (nSPS) is 14.2. The van der Waals surface area contributed by atoms with Crippen LogP contribution in [0.1, 0.15) is 31.7 Å². The molecule has 17 heavy (non-hydrogen) atoms. The minimum absolute atomic E-state index is 0.318. The van der Waals surface area contributed by atoms with Gasteiger partial charge in [0.1, 0.15) is 0 Å². The van der Waals surface area contributed by atoms with E-state index < -0.39 is 5.97 Å². The fourth-order valence-electron chi connectivity index (χ4n) is 1.67. The van der Waals surface area contributed by atoms with Crippen molar-refractivity contribution in [3.05, 3.63) is 35.9 Å². The van der Waals surface area contributed by atoms with E-state index in [4.69, 9.17) is 5.11 Å². The van der Waals surface area contributed by atoms with Crippen LogP contribution in [0.2, 0.25) is 0 Å². The zero-order valence-electron chi connectivity index (χ0n) is 10.5. The summed E-state index contributed by atoms with van der Waals surface area (Å²) in [6, 6.07) is 10.4. The molecule has 0 aromatic heterocycles. The first-order valence-electron chi connectivity index (χ1n) is 6.09. The van der Waals surface area contributed by atoms with E-state index >= 15 is 0 Å². The van der Waals surface area contributed by atoms with Crippen LogP contribution in [0.5, 0.6) is 0 Å². The second-order valence-electron chi connectivity index (χ2n) is 4.54. The molecular formula is C14H21NO2. The number of nitrogens with one attached hydrogen (secondary N) is 1.